The van der Waals surface area contributed by atoms with Crippen molar-refractivity contribution in [2.45, 2.75) is 38.6 Å². The van der Waals surface area contributed by atoms with E-state index in [1.165, 1.54) is 0 Å². The Labute approximate surface area is 135 Å². The molecular weight excluding hydrogens is 316 g/mol. The van der Waals surface area contributed by atoms with Gasteiger partial charge in [0.25, 0.3) is 0 Å². The van der Waals surface area contributed by atoms with Crippen molar-refractivity contribution >= 4 is 10.0 Å². The molecule has 0 radical (unpaired) electrons. The van der Waals surface area contributed by atoms with E-state index in [1.807, 2.05) is 6.07 Å². The van der Waals surface area contributed by atoms with Gasteiger partial charge in [0.2, 0.25) is 21.7 Å². The number of sulfonamides is 1. The standard InChI is InChI=1S/C15H20N4O3S/c1-11(19-23(20,21)10-12-6-2-3-7-12)15-17-14(18-22-15)13-8-4-5-9-16-13/h4-5,8-9,11-12,19H,2-3,6-7,10H2,1H3. The number of nitrogens with one attached hydrogen (secondary N) is 1. The van der Waals surface area contributed by atoms with Gasteiger partial charge in [-0.2, -0.15) is 4.98 Å². The summed E-state index contributed by atoms with van der Waals surface area (Å²) in [7, 11) is -3.36. The average Bonchev–Trinajstić information content (AvgIpc) is 3.18. The summed E-state index contributed by atoms with van der Waals surface area (Å²) in [4.78, 5) is 8.37. The summed E-state index contributed by atoms with van der Waals surface area (Å²) in [5, 5.41) is 3.86. The van der Waals surface area contributed by atoms with Gasteiger partial charge in [-0.05, 0) is 37.8 Å². The van der Waals surface area contributed by atoms with Crippen LogP contribution in [0.15, 0.2) is 28.9 Å². The van der Waals surface area contributed by atoms with E-state index < -0.39 is 16.1 Å². The molecule has 1 aliphatic rings. The molecule has 23 heavy (non-hydrogen) atoms. The van der Waals surface area contributed by atoms with Crippen LogP contribution in [0.4, 0.5) is 0 Å². The molecule has 1 aliphatic carbocycles. The van der Waals surface area contributed by atoms with Crippen LogP contribution in [-0.2, 0) is 10.0 Å². The Bertz CT molecular complexity index is 739. The van der Waals surface area contributed by atoms with Crippen LogP contribution in [-0.4, -0.2) is 29.3 Å². The van der Waals surface area contributed by atoms with Crippen LogP contribution < -0.4 is 4.72 Å². The molecule has 2 aromatic rings. The fourth-order valence-corrected chi connectivity index (χ4v) is 4.55. The fourth-order valence-electron chi connectivity index (χ4n) is 2.87. The molecule has 1 fully saturated rings. The van der Waals surface area contributed by atoms with E-state index >= 15 is 0 Å². The normalized spacial score (nSPS) is 17.4. The first-order chi connectivity index (χ1) is 11.0. The molecule has 0 amide bonds. The second-order valence-corrected chi connectivity index (χ2v) is 7.74. The zero-order valence-electron chi connectivity index (χ0n) is 13.0. The van der Waals surface area contributed by atoms with Gasteiger partial charge >= 0.3 is 0 Å². The smallest absolute Gasteiger partial charge is 0.244 e. The first-order valence-corrected chi connectivity index (χ1v) is 9.44. The maximum Gasteiger partial charge on any atom is 0.244 e. The lowest BCUT2D eigenvalue weighted by atomic mass is 10.1. The predicted octanol–water partition coefficient (Wildman–Crippen LogP) is 2.30. The minimum absolute atomic E-state index is 0.165. The van der Waals surface area contributed by atoms with E-state index in [-0.39, 0.29) is 17.6 Å². The number of hydrogen-bond donors (Lipinski definition) is 1. The molecule has 7 nitrogen and oxygen atoms in total. The van der Waals surface area contributed by atoms with Crippen LogP contribution in [0.1, 0.15) is 44.5 Å². The zero-order chi connectivity index (χ0) is 16.3. The minimum atomic E-state index is -3.36. The molecule has 0 saturated heterocycles. The first-order valence-electron chi connectivity index (χ1n) is 7.78. The van der Waals surface area contributed by atoms with Crippen LogP contribution in [0.3, 0.4) is 0 Å². The molecule has 1 saturated carbocycles. The van der Waals surface area contributed by atoms with Gasteiger partial charge in [-0.25, -0.2) is 13.1 Å². The Hall–Kier alpha value is -1.80. The average molecular weight is 336 g/mol. The third-order valence-corrected chi connectivity index (χ3v) is 5.62. The summed E-state index contributed by atoms with van der Waals surface area (Å²) in [5.41, 5.74) is 0.587. The second kappa shape index (κ2) is 6.76. The molecule has 0 bridgehead atoms. The van der Waals surface area contributed by atoms with Gasteiger partial charge < -0.3 is 4.52 Å². The van der Waals surface area contributed by atoms with E-state index in [0.717, 1.165) is 25.7 Å². The van der Waals surface area contributed by atoms with Gasteiger partial charge in [0.1, 0.15) is 5.69 Å². The molecule has 1 N–H and O–H groups in total. The molecule has 124 valence electrons. The maximum atomic E-state index is 12.2. The third kappa shape index (κ3) is 4.14. The van der Waals surface area contributed by atoms with Crippen LogP contribution in [0.5, 0.6) is 0 Å². The van der Waals surface area contributed by atoms with Crippen molar-refractivity contribution < 1.29 is 12.9 Å². The molecule has 8 heteroatoms. The Kier molecular flexibility index (Phi) is 4.72. The highest BCUT2D eigenvalue weighted by atomic mass is 32.2. The van der Waals surface area contributed by atoms with Gasteiger partial charge in [-0.1, -0.05) is 24.1 Å². The number of nitrogens with zero attached hydrogens (tertiary/aromatic N) is 3. The predicted molar refractivity (Wildman–Crippen MR) is 84.8 cm³/mol. The molecule has 1 unspecified atom stereocenters. The molecule has 1 atom stereocenters. The zero-order valence-corrected chi connectivity index (χ0v) is 13.8. The summed E-state index contributed by atoms with van der Waals surface area (Å²) in [6.45, 7) is 1.70. The topological polar surface area (TPSA) is 98.0 Å². The fraction of sp³-hybridized carbons (Fsp3) is 0.533. The van der Waals surface area contributed by atoms with E-state index in [9.17, 15) is 8.42 Å². The van der Waals surface area contributed by atoms with Crippen LogP contribution >= 0.6 is 0 Å². The van der Waals surface area contributed by atoms with Crippen molar-refractivity contribution in [3.05, 3.63) is 30.3 Å². The van der Waals surface area contributed by atoms with Crippen molar-refractivity contribution in [2.75, 3.05) is 5.75 Å². The molecule has 2 heterocycles. The molecule has 0 spiro atoms. The van der Waals surface area contributed by atoms with Gasteiger partial charge in [0.05, 0.1) is 11.8 Å². The minimum Gasteiger partial charge on any atom is -0.337 e. The molecule has 2 aromatic heterocycles. The second-order valence-electron chi connectivity index (χ2n) is 5.94. The molecule has 0 aliphatic heterocycles. The number of aromatic nitrogens is 3. The quantitative estimate of drug-likeness (QED) is 0.869. The SMILES string of the molecule is CC(NS(=O)(=O)CC1CCCC1)c1nc(-c2ccccn2)no1. The summed E-state index contributed by atoms with van der Waals surface area (Å²) < 4.78 is 32.3. The lowest BCUT2D eigenvalue weighted by molar-refractivity contribution is 0.353. The van der Waals surface area contributed by atoms with Crippen molar-refractivity contribution in [2.24, 2.45) is 5.92 Å². The van der Waals surface area contributed by atoms with Gasteiger partial charge in [0.15, 0.2) is 0 Å². The van der Waals surface area contributed by atoms with Crippen molar-refractivity contribution in [1.29, 1.82) is 0 Å². The van der Waals surface area contributed by atoms with Crippen LogP contribution in [0.2, 0.25) is 0 Å². The van der Waals surface area contributed by atoms with Gasteiger partial charge in [-0.15, -0.1) is 0 Å². The highest BCUT2D eigenvalue weighted by molar-refractivity contribution is 7.89. The Morgan fingerprint density at radius 1 is 1.35 bits per heavy atom. The number of rotatable bonds is 6. The summed E-state index contributed by atoms with van der Waals surface area (Å²) >= 11 is 0. The van der Waals surface area contributed by atoms with E-state index in [0.29, 0.717) is 11.5 Å². The molecular formula is C15H20N4O3S. The highest BCUT2D eigenvalue weighted by Crippen LogP contribution is 2.26. The van der Waals surface area contributed by atoms with E-state index in [2.05, 4.69) is 19.8 Å². The van der Waals surface area contributed by atoms with E-state index in [1.54, 1.807) is 25.3 Å². The maximum absolute atomic E-state index is 12.2. The third-order valence-electron chi connectivity index (χ3n) is 3.99. The van der Waals surface area contributed by atoms with Gasteiger partial charge in [0, 0.05) is 6.20 Å². The van der Waals surface area contributed by atoms with Gasteiger partial charge in [-0.3, -0.25) is 4.98 Å². The Morgan fingerprint density at radius 3 is 2.83 bits per heavy atom. The van der Waals surface area contributed by atoms with E-state index in [4.69, 9.17) is 4.52 Å². The van der Waals surface area contributed by atoms with Crippen molar-refractivity contribution in [3.63, 3.8) is 0 Å². The number of hydrogen-bond acceptors (Lipinski definition) is 6. The van der Waals surface area contributed by atoms with Crippen molar-refractivity contribution in [1.82, 2.24) is 19.8 Å². The highest BCUT2D eigenvalue weighted by Gasteiger charge is 2.26. The molecule has 3 rings (SSSR count). The lowest BCUT2D eigenvalue weighted by Crippen LogP contribution is -2.31. The van der Waals surface area contributed by atoms with Crippen LogP contribution in [0.25, 0.3) is 11.5 Å². The first kappa shape index (κ1) is 16.1. The Morgan fingerprint density at radius 2 is 2.13 bits per heavy atom. The largest absolute Gasteiger partial charge is 0.337 e. The lowest BCUT2D eigenvalue weighted by Gasteiger charge is -2.13. The van der Waals surface area contributed by atoms with Crippen LogP contribution in [0, 0.1) is 5.92 Å². The summed E-state index contributed by atoms with van der Waals surface area (Å²) in [6.07, 6.45) is 5.85. The number of pyridine rings is 1. The summed E-state index contributed by atoms with van der Waals surface area (Å²) in [6, 6.07) is 4.83. The molecule has 0 aromatic carbocycles. The Balaban J connectivity index is 1.66. The van der Waals surface area contributed by atoms with Crippen molar-refractivity contribution in [3.8, 4) is 11.5 Å². The summed E-state index contributed by atoms with van der Waals surface area (Å²) in [5.74, 6) is 1.01. The monoisotopic (exact) mass is 336 g/mol.